The van der Waals surface area contributed by atoms with Crippen LogP contribution in [0.15, 0.2) is 0 Å². The van der Waals surface area contributed by atoms with Gasteiger partial charge in [-0.3, -0.25) is 9.59 Å². The molecule has 0 aliphatic heterocycles. The molecule has 0 aromatic rings. The second-order valence-electron chi connectivity index (χ2n) is 3.56. The Morgan fingerprint density at radius 3 is 2.12 bits per heavy atom. The van der Waals surface area contributed by atoms with Gasteiger partial charge in [-0.25, -0.2) is 4.79 Å². The fourth-order valence-corrected chi connectivity index (χ4v) is 1.03. The Hall–Kier alpha value is -1.67. The molecule has 0 spiro atoms. The van der Waals surface area contributed by atoms with E-state index in [0.717, 1.165) is 0 Å². The average Bonchev–Trinajstić information content (AvgIpc) is 2.23. The van der Waals surface area contributed by atoms with Crippen LogP contribution in [0, 0.1) is 0 Å². The van der Waals surface area contributed by atoms with E-state index in [2.05, 4.69) is 10.6 Å². The van der Waals surface area contributed by atoms with Crippen LogP contribution in [0.1, 0.15) is 13.8 Å². The van der Waals surface area contributed by atoms with Crippen molar-refractivity contribution in [2.45, 2.75) is 32.0 Å². The molecular formula is C9H17N3O5. The van der Waals surface area contributed by atoms with Crippen molar-refractivity contribution in [3.05, 3.63) is 0 Å². The number of hydrogen-bond donors (Lipinski definition) is 5. The van der Waals surface area contributed by atoms with E-state index in [1.165, 1.54) is 13.8 Å². The van der Waals surface area contributed by atoms with E-state index >= 15 is 0 Å². The van der Waals surface area contributed by atoms with E-state index in [1.54, 1.807) is 0 Å². The number of aliphatic hydroxyl groups is 1. The average molecular weight is 247 g/mol. The molecule has 3 unspecified atom stereocenters. The third-order valence-electron chi connectivity index (χ3n) is 2.00. The minimum Gasteiger partial charge on any atom is -0.480 e. The minimum absolute atomic E-state index is 0.267. The topological polar surface area (TPSA) is 142 Å². The van der Waals surface area contributed by atoms with Crippen molar-refractivity contribution in [1.29, 1.82) is 0 Å². The highest BCUT2D eigenvalue weighted by Gasteiger charge is 2.27. The number of nitrogens with two attached hydrogens (primary N) is 1. The van der Waals surface area contributed by atoms with Gasteiger partial charge in [0.25, 0.3) is 0 Å². The zero-order valence-electron chi connectivity index (χ0n) is 9.64. The van der Waals surface area contributed by atoms with Crippen LogP contribution in [-0.4, -0.2) is 52.7 Å². The first-order chi connectivity index (χ1) is 7.79. The Kier molecular flexibility index (Phi) is 6.15. The van der Waals surface area contributed by atoms with Gasteiger partial charge in [-0.05, 0) is 13.8 Å². The Bertz CT molecular complexity index is 305. The fourth-order valence-electron chi connectivity index (χ4n) is 1.03. The SMILES string of the molecule is CC(NC(=O)CN)C(=O)NC(C(=O)O)C(C)O. The summed E-state index contributed by atoms with van der Waals surface area (Å²) in [6, 6.07) is -2.34. The van der Waals surface area contributed by atoms with Gasteiger partial charge in [0.15, 0.2) is 6.04 Å². The number of carbonyl (C=O) groups excluding carboxylic acids is 2. The quantitative estimate of drug-likeness (QED) is 0.348. The molecule has 0 rings (SSSR count). The summed E-state index contributed by atoms with van der Waals surface area (Å²) >= 11 is 0. The summed E-state index contributed by atoms with van der Waals surface area (Å²) in [6.07, 6.45) is -1.24. The number of aliphatic hydroxyl groups excluding tert-OH is 1. The van der Waals surface area contributed by atoms with Gasteiger partial charge in [-0.2, -0.15) is 0 Å². The van der Waals surface area contributed by atoms with Crippen molar-refractivity contribution in [3.63, 3.8) is 0 Å². The summed E-state index contributed by atoms with van der Waals surface area (Å²) in [7, 11) is 0. The Morgan fingerprint density at radius 1 is 1.24 bits per heavy atom. The van der Waals surface area contributed by atoms with Crippen LogP contribution in [0.25, 0.3) is 0 Å². The van der Waals surface area contributed by atoms with Crippen LogP contribution in [0.4, 0.5) is 0 Å². The van der Waals surface area contributed by atoms with Crippen LogP contribution in [0.5, 0.6) is 0 Å². The molecule has 3 atom stereocenters. The van der Waals surface area contributed by atoms with E-state index in [-0.39, 0.29) is 6.54 Å². The zero-order valence-corrected chi connectivity index (χ0v) is 9.64. The van der Waals surface area contributed by atoms with E-state index < -0.39 is 36.0 Å². The molecule has 0 saturated heterocycles. The summed E-state index contributed by atoms with van der Waals surface area (Å²) in [5.74, 6) is -2.60. The molecule has 0 aromatic heterocycles. The number of nitrogens with one attached hydrogen (secondary N) is 2. The maximum Gasteiger partial charge on any atom is 0.328 e. The molecule has 0 bridgehead atoms. The first kappa shape index (κ1) is 15.3. The van der Waals surface area contributed by atoms with Gasteiger partial charge >= 0.3 is 5.97 Å². The van der Waals surface area contributed by atoms with Crippen molar-refractivity contribution in [1.82, 2.24) is 10.6 Å². The highest BCUT2D eigenvalue weighted by molar-refractivity contribution is 5.90. The van der Waals surface area contributed by atoms with Gasteiger partial charge < -0.3 is 26.6 Å². The van der Waals surface area contributed by atoms with Gasteiger partial charge in [0.2, 0.25) is 11.8 Å². The van der Waals surface area contributed by atoms with Crippen LogP contribution < -0.4 is 16.4 Å². The minimum atomic E-state index is -1.42. The molecule has 98 valence electrons. The summed E-state index contributed by atoms with van der Waals surface area (Å²) in [4.78, 5) is 33.1. The van der Waals surface area contributed by atoms with Crippen LogP contribution in [-0.2, 0) is 14.4 Å². The summed E-state index contributed by atoms with van der Waals surface area (Å²) in [5.41, 5.74) is 5.04. The Morgan fingerprint density at radius 2 is 1.76 bits per heavy atom. The highest BCUT2D eigenvalue weighted by atomic mass is 16.4. The highest BCUT2D eigenvalue weighted by Crippen LogP contribution is 1.94. The lowest BCUT2D eigenvalue weighted by atomic mass is 10.1. The van der Waals surface area contributed by atoms with E-state index in [1.807, 2.05) is 0 Å². The molecule has 2 amide bonds. The molecule has 0 saturated carbocycles. The van der Waals surface area contributed by atoms with Gasteiger partial charge in [0.1, 0.15) is 6.04 Å². The van der Waals surface area contributed by atoms with Crippen molar-refractivity contribution in [3.8, 4) is 0 Å². The number of hydrogen-bond acceptors (Lipinski definition) is 5. The Labute approximate surface area is 98.2 Å². The molecule has 0 aliphatic rings. The fraction of sp³-hybridized carbons (Fsp3) is 0.667. The smallest absolute Gasteiger partial charge is 0.328 e. The maximum atomic E-state index is 11.5. The predicted molar refractivity (Wildman–Crippen MR) is 57.9 cm³/mol. The molecule has 0 fully saturated rings. The summed E-state index contributed by atoms with van der Waals surface area (Å²) in [5, 5.41) is 22.2. The first-order valence-electron chi connectivity index (χ1n) is 5.00. The number of aliphatic carboxylic acids is 1. The molecule has 0 heterocycles. The first-order valence-corrected chi connectivity index (χ1v) is 5.00. The third-order valence-corrected chi connectivity index (χ3v) is 2.00. The number of carboxylic acids is 1. The molecular weight excluding hydrogens is 230 g/mol. The normalized spacial score (nSPS) is 15.5. The molecule has 17 heavy (non-hydrogen) atoms. The van der Waals surface area contributed by atoms with E-state index in [4.69, 9.17) is 15.9 Å². The lowest BCUT2D eigenvalue weighted by Gasteiger charge is -2.20. The maximum absolute atomic E-state index is 11.5. The molecule has 6 N–H and O–H groups in total. The van der Waals surface area contributed by atoms with Crippen LogP contribution in [0.3, 0.4) is 0 Å². The number of amides is 2. The van der Waals surface area contributed by atoms with Crippen molar-refractivity contribution in [2.24, 2.45) is 5.73 Å². The number of carbonyl (C=O) groups is 3. The van der Waals surface area contributed by atoms with Gasteiger partial charge in [-0.15, -0.1) is 0 Å². The van der Waals surface area contributed by atoms with Crippen molar-refractivity contribution in [2.75, 3.05) is 6.54 Å². The van der Waals surface area contributed by atoms with E-state index in [0.29, 0.717) is 0 Å². The van der Waals surface area contributed by atoms with E-state index in [9.17, 15) is 14.4 Å². The lowest BCUT2D eigenvalue weighted by molar-refractivity contribution is -0.145. The van der Waals surface area contributed by atoms with Gasteiger partial charge in [0, 0.05) is 0 Å². The van der Waals surface area contributed by atoms with Crippen LogP contribution in [0.2, 0.25) is 0 Å². The van der Waals surface area contributed by atoms with Crippen LogP contribution >= 0.6 is 0 Å². The predicted octanol–water partition coefficient (Wildman–Crippen LogP) is -2.60. The summed E-state index contributed by atoms with van der Waals surface area (Å²) < 4.78 is 0. The molecule has 0 aromatic carbocycles. The monoisotopic (exact) mass is 247 g/mol. The van der Waals surface area contributed by atoms with Gasteiger partial charge in [-0.1, -0.05) is 0 Å². The van der Waals surface area contributed by atoms with Crippen molar-refractivity contribution >= 4 is 17.8 Å². The molecule has 0 aliphatic carbocycles. The Balaban J connectivity index is 4.41. The lowest BCUT2D eigenvalue weighted by Crippen LogP contribution is -2.54. The molecule has 0 radical (unpaired) electrons. The molecule has 8 nitrogen and oxygen atoms in total. The number of rotatable bonds is 6. The second kappa shape index (κ2) is 6.81. The molecule has 8 heteroatoms. The summed E-state index contributed by atoms with van der Waals surface area (Å²) in [6.45, 7) is 2.35. The number of carboxylic acid groups (broad SMARTS) is 1. The zero-order chi connectivity index (χ0) is 13.6. The van der Waals surface area contributed by atoms with Gasteiger partial charge in [0.05, 0.1) is 12.6 Å². The standard InChI is InChI=1S/C9H17N3O5/c1-4(11-6(14)3-10)8(15)12-7(5(2)13)9(16)17/h4-5,7,13H,3,10H2,1-2H3,(H,11,14)(H,12,15)(H,16,17). The van der Waals surface area contributed by atoms with Crippen molar-refractivity contribution < 1.29 is 24.6 Å². The second-order valence-corrected chi connectivity index (χ2v) is 3.56. The largest absolute Gasteiger partial charge is 0.480 e. The third kappa shape index (κ3) is 5.27.